The van der Waals surface area contributed by atoms with Crippen LogP contribution in [0.2, 0.25) is 0 Å². The van der Waals surface area contributed by atoms with E-state index in [4.69, 9.17) is 0 Å². The summed E-state index contributed by atoms with van der Waals surface area (Å²) in [4.78, 5) is 25.1. The number of aliphatic carboxylic acids is 1. The van der Waals surface area contributed by atoms with Gasteiger partial charge in [0.15, 0.2) is 0 Å². The third kappa shape index (κ3) is 4.95. The largest absolute Gasteiger partial charge is 0.481 e. The first-order chi connectivity index (χ1) is 9.97. The number of urea groups is 1. The van der Waals surface area contributed by atoms with Crippen molar-refractivity contribution in [3.8, 4) is 0 Å². The summed E-state index contributed by atoms with van der Waals surface area (Å²) in [7, 11) is 0. The van der Waals surface area contributed by atoms with Gasteiger partial charge in [-0.3, -0.25) is 4.79 Å². The molecule has 0 heterocycles. The maximum atomic E-state index is 12.1. The smallest absolute Gasteiger partial charge is 0.317 e. The van der Waals surface area contributed by atoms with E-state index < -0.39 is 11.9 Å². The molecule has 21 heavy (non-hydrogen) atoms. The van der Waals surface area contributed by atoms with E-state index in [1.54, 1.807) is 35.2 Å². The molecule has 0 aliphatic carbocycles. The number of carbonyl (C=O) groups is 2. The molecule has 0 spiro atoms. The average molecular weight is 290 g/mol. The molecule has 0 bridgehead atoms. The number of hydrogen-bond donors (Lipinski definition) is 2. The standard InChI is InChI=1S/C16H22N2O3/c1-4-10-18(12(2)3)16(21)17-11-14(15(19)20)13-8-6-5-7-9-13/h4-9,12,14H,1,10-11H2,2-3H3,(H,17,21)(H,19,20). The van der Waals surface area contributed by atoms with Crippen LogP contribution in [0.3, 0.4) is 0 Å². The molecule has 0 aliphatic rings. The van der Waals surface area contributed by atoms with E-state index in [-0.39, 0.29) is 18.6 Å². The second-order valence-corrected chi connectivity index (χ2v) is 5.02. The molecular formula is C16H22N2O3. The van der Waals surface area contributed by atoms with E-state index in [1.165, 1.54) is 0 Å². The van der Waals surface area contributed by atoms with Crippen LogP contribution in [0.15, 0.2) is 43.0 Å². The van der Waals surface area contributed by atoms with Gasteiger partial charge in [0.1, 0.15) is 0 Å². The number of nitrogens with zero attached hydrogens (tertiary/aromatic N) is 1. The molecule has 1 rings (SSSR count). The van der Waals surface area contributed by atoms with E-state index >= 15 is 0 Å². The van der Waals surface area contributed by atoms with E-state index in [9.17, 15) is 14.7 Å². The van der Waals surface area contributed by atoms with Gasteiger partial charge >= 0.3 is 12.0 Å². The Labute approximate surface area is 125 Å². The Balaban J connectivity index is 2.72. The van der Waals surface area contributed by atoms with Crippen molar-refractivity contribution < 1.29 is 14.7 Å². The number of benzene rings is 1. The zero-order valence-electron chi connectivity index (χ0n) is 12.5. The number of carboxylic acid groups (broad SMARTS) is 1. The molecule has 5 nitrogen and oxygen atoms in total. The molecule has 0 saturated heterocycles. The Kier molecular flexibility index (Phi) is 6.46. The molecule has 1 aromatic rings. The highest BCUT2D eigenvalue weighted by atomic mass is 16.4. The number of nitrogens with one attached hydrogen (secondary N) is 1. The van der Waals surface area contributed by atoms with Gasteiger partial charge in [0.05, 0.1) is 5.92 Å². The minimum atomic E-state index is -0.957. The lowest BCUT2D eigenvalue weighted by atomic mass is 9.99. The molecule has 1 atom stereocenters. The molecule has 2 amide bonds. The van der Waals surface area contributed by atoms with Crippen molar-refractivity contribution in [1.82, 2.24) is 10.2 Å². The second-order valence-electron chi connectivity index (χ2n) is 5.02. The first kappa shape index (κ1) is 16.8. The van der Waals surface area contributed by atoms with E-state index in [0.29, 0.717) is 12.1 Å². The number of amides is 2. The summed E-state index contributed by atoms with van der Waals surface area (Å²) in [6.07, 6.45) is 1.64. The third-order valence-corrected chi connectivity index (χ3v) is 3.17. The zero-order chi connectivity index (χ0) is 15.8. The maximum Gasteiger partial charge on any atom is 0.317 e. The van der Waals surface area contributed by atoms with Crippen molar-refractivity contribution in [3.63, 3.8) is 0 Å². The van der Waals surface area contributed by atoms with Crippen molar-refractivity contribution in [2.45, 2.75) is 25.8 Å². The van der Waals surface area contributed by atoms with Crippen molar-refractivity contribution in [3.05, 3.63) is 48.6 Å². The number of hydrogen-bond acceptors (Lipinski definition) is 2. The molecule has 114 valence electrons. The lowest BCUT2D eigenvalue weighted by Crippen LogP contribution is -2.45. The minimum Gasteiger partial charge on any atom is -0.481 e. The van der Waals surface area contributed by atoms with Crippen LogP contribution in [-0.4, -0.2) is 41.1 Å². The Hall–Kier alpha value is -2.30. The molecule has 0 fully saturated rings. The van der Waals surface area contributed by atoms with Crippen LogP contribution in [0.5, 0.6) is 0 Å². The van der Waals surface area contributed by atoms with Gasteiger partial charge in [-0.1, -0.05) is 36.4 Å². The topological polar surface area (TPSA) is 69.6 Å². The molecule has 5 heteroatoms. The van der Waals surface area contributed by atoms with E-state index in [2.05, 4.69) is 11.9 Å². The Morgan fingerprint density at radius 1 is 1.33 bits per heavy atom. The summed E-state index contributed by atoms with van der Waals surface area (Å²) in [5.41, 5.74) is 0.671. The summed E-state index contributed by atoms with van der Waals surface area (Å²) >= 11 is 0. The Morgan fingerprint density at radius 3 is 2.43 bits per heavy atom. The van der Waals surface area contributed by atoms with Crippen LogP contribution >= 0.6 is 0 Å². The fourth-order valence-corrected chi connectivity index (χ4v) is 1.99. The summed E-state index contributed by atoms with van der Waals surface area (Å²) in [5.74, 6) is -1.71. The molecule has 1 unspecified atom stereocenters. The molecule has 2 N–H and O–H groups in total. The van der Waals surface area contributed by atoms with Gasteiger partial charge in [-0.05, 0) is 19.4 Å². The van der Waals surface area contributed by atoms with Gasteiger partial charge < -0.3 is 15.3 Å². The fraction of sp³-hybridized carbons (Fsp3) is 0.375. The summed E-state index contributed by atoms with van der Waals surface area (Å²) in [6, 6.07) is 8.61. The predicted octanol–water partition coefficient (Wildman–Crippen LogP) is 2.46. The number of rotatable bonds is 7. The van der Waals surface area contributed by atoms with Crippen LogP contribution in [0, 0.1) is 0 Å². The molecule has 0 saturated carbocycles. The summed E-state index contributed by atoms with van der Waals surface area (Å²) < 4.78 is 0. The third-order valence-electron chi connectivity index (χ3n) is 3.17. The highest BCUT2D eigenvalue weighted by molar-refractivity contribution is 5.79. The Bertz CT molecular complexity index is 486. The summed E-state index contributed by atoms with van der Waals surface area (Å²) in [6.45, 7) is 7.89. The Morgan fingerprint density at radius 2 is 1.95 bits per heavy atom. The number of carbonyl (C=O) groups excluding carboxylic acids is 1. The molecule has 1 aromatic carbocycles. The van der Waals surface area contributed by atoms with Gasteiger partial charge in [-0.25, -0.2) is 4.79 Å². The van der Waals surface area contributed by atoms with Crippen LogP contribution in [0.4, 0.5) is 4.79 Å². The SMILES string of the molecule is C=CCN(C(=O)NCC(C(=O)O)c1ccccc1)C(C)C. The molecule has 0 radical (unpaired) electrons. The summed E-state index contributed by atoms with van der Waals surface area (Å²) in [5, 5.41) is 12.0. The van der Waals surface area contributed by atoms with Crippen molar-refractivity contribution >= 4 is 12.0 Å². The highest BCUT2D eigenvalue weighted by Gasteiger charge is 2.22. The highest BCUT2D eigenvalue weighted by Crippen LogP contribution is 2.15. The van der Waals surface area contributed by atoms with Gasteiger partial charge in [-0.2, -0.15) is 0 Å². The quantitative estimate of drug-likeness (QED) is 0.758. The minimum absolute atomic E-state index is 0.0167. The number of carboxylic acids is 1. The lowest BCUT2D eigenvalue weighted by Gasteiger charge is -2.26. The van der Waals surface area contributed by atoms with Crippen LogP contribution in [0.25, 0.3) is 0 Å². The van der Waals surface area contributed by atoms with Gasteiger partial charge in [0, 0.05) is 19.1 Å². The first-order valence-corrected chi connectivity index (χ1v) is 6.90. The second kappa shape index (κ2) is 8.09. The van der Waals surface area contributed by atoms with Crippen molar-refractivity contribution in [2.75, 3.05) is 13.1 Å². The van der Waals surface area contributed by atoms with Gasteiger partial charge in [-0.15, -0.1) is 6.58 Å². The van der Waals surface area contributed by atoms with Crippen molar-refractivity contribution in [2.24, 2.45) is 0 Å². The fourth-order valence-electron chi connectivity index (χ4n) is 1.99. The first-order valence-electron chi connectivity index (χ1n) is 6.90. The van der Waals surface area contributed by atoms with Crippen molar-refractivity contribution in [1.29, 1.82) is 0 Å². The predicted molar refractivity (Wildman–Crippen MR) is 82.3 cm³/mol. The van der Waals surface area contributed by atoms with Crippen LogP contribution in [0.1, 0.15) is 25.3 Å². The molecular weight excluding hydrogens is 268 g/mol. The van der Waals surface area contributed by atoms with E-state index in [0.717, 1.165) is 0 Å². The normalized spacial score (nSPS) is 11.8. The monoisotopic (exact) mass is 290 g/mol. The molecule has 0 aliphatic heterocycles. The zero-order valence-corrected chi connectivity index (χ0v) is 12.5. The average Bonchev–Trinajstić information content (AvgIpc) is 2.45. The maximum absolute atomic E-state index is 12.1. The van der Waals surface area contributed by atoms with E-state index in [1.807, 2.05) is 19.9 Å². The van der Waals surface area contributed by atoms with Gasteiger partial charge in [0.25, 0.3) is 0 Å². The van der Waals surface area contributed by atoms with Crippen LogP contribution in [-0.2, 0) is 4.79 Å². The van der Waals surface area contributed by atoms with Crippen LogP contribution < -0.4 is 5.32 Å². The van der Waals surface area contributed by atoms with Gasteiger partial charge in [0.2, 0.25) is 0 Å². The lowest BCUT2D eigenvalue weighted by molar-refractivity contribution is -0.138. The molecule has 0 aromatic heterocycles.